The highest BCUT2D eigenvalue weighted by molar-refractivity contribution is 5.74. The first-order chi connectivity index (χ1) is 36.5. The fourth-order valence-corrected chi connectivity index (χ4v) is 8.97. The molecule has 8 rings (SSSR count). The van der Waals surface area contributed by atoms with Gasteiger partial charge in [0, 0.05) is 12.0 Å². The minimum Gasteiger partial charge on any atom is -0.497 e. The molecule has 3 fully saturated rings. The molecule has 0 radical (unpaired) electrons. The summed E-state index contributed by atoms with van der Waals surface area (Å²) in [6, 6.07) is 40.9. The molecule has 4 N–H and O–H groups in total. The van der Waals surface area contributed by atoms with Gasteiger partial charge in [0.25, 0.3) is 0 Å². The first-order valence-corrected chi connectivity index (χ1v) is 24.1. The predicted molar refractivity (Wildman–Crippen MR) is 262 cm³/mol. The molecule has 0 aliphatic carbocycles. The molecule has 3 aliphatic rings. The standard InChI is InChI=1S/C54H59N3O18/c1-64-36-23-25-37(26-24-36)66-31-38-42(72-54-41(59)44(68-28-33-17-9-4-10-18-33)46(48(75-54)50(60)61)70-30-35-21-13-6-14-22-35)43(67-27-32-15-7-3-8-16-32)39(56-57-55)52(71-38)73-47-45(69-29-34-19-11-5-12-20-34)40(58)53(65-2)74-49(47)51(62)63/h3-26,38-49,52-54,58-59H,27-31H2,1-2H3,(H,60,61)(H,62,63)/t38-,39-,40-,41-,42-,43-,44-,45-,46+,47+,48-,49-,52-,53-,54-/m1/s1. The van der Waals surface area contributed by atoms with Crippen LogP contribution in [0, 0.1) is 0 Å². The zero-order chi connectivity index (χ0) is 52.7. The molecule has 75 heavy (non-hydrogen) atoms. The van der Waals surface area contributed by atoms with Gasteiger partial charge in [0.15, 0.2) is 31.1 Å². The number of methoxy groups -OCH3 is 2. The van der Waals surface area contributed by atoms with Crippen molar-refractivity contribution in [1.82, 2.24) is 0 Å². The molecule has 15 atom stereocenters. The summed E-state index contributed by atoms with van der Waals surface area (Å²) in [7, 11) is 2.74. The van der Waals surface area contributed by atoms with E-state index in [4.69, 9.17) is 56.8 Å². The van der Waals surface area contributed by atoms with Crippen molar-refractivity contribution < 1.29 is 86.9 Å². The lowest BCUT2D eigenvalue weighted by atomic mass is 9.94. The number of carbonyl (C=O) groups is 2. The Kier molecular flexibility index (Phi) is 19.6. The van der Waals surface area contributed by atoms with Gasteiger partial charge < -0.3 is 77.3 Å². The number of nitrogens with zero attached hydrogens (tertiary/aromatic N) is 3. The average molecular weight is 1040 g/mol. The van der Waals surface area contributed by atoms with E-state index in [0.29, 0.717) is 33.8 Å². The lowest BCUT2D eigenvalue weighted by molar-refractivity contribution is -0.367. The molecule has 3 aliphatic heterocycles. The van der Waals surface area contributed by atoms with E-state index in [9.17, 15) is 35.5 Å². The maximum Gasteiger partial charge on any atom is 0.335 e. The van der Waals surface area contributed by atoms with Crippen LogP contribution in [0.4, 0.5) is 0 Å². The van der Waals surface area contributed by atoms with E-state index in [-0.39, 0.29) is 26.4 Å². The van der Waals surface area contributed by atoms with Crippen molar-refractivity contribution >= 4 is 11.9 Å². The second-order valence-corrected chi connectivity index (χ2v) is 17.7. The van der Waals surface area contributed by atoms with E-state index >= 15 is 0 Å². The Bertz CT molecular complexity index is 2590. The van der Waals surface area contributed by atoms with Crippen LogP contribution in [-0.4, -0.2) is 145 Å². The van der Waals surface area contributed by atoms with E-state index in [2.05, 4.69) is 10.0 Å². The second kappa shape index (κ2) is 26.8. The summed E-state index contributed by atoms with van der Waals surface area (Å²) in [5.41, 5.74) is 13.0. The highest BCUT2D eigenvalue weighted by atomic mass is 16.8. The fourth-order valence-electron chi connectivity index (χ4n) is 8.97. The lowest BCUT2D eigenvalue weighted by Crippen LogP contribution is -2.67. The number of hydrogen-bond donors (Lipinski definition) is 4. The Morgan fingerprint density at radius 3 is 1.40 bits per heavy atom. The number of rotatable bonds is 24. The predicted octanol–water partition coefficient (Wildman–Crippen LogP) is 5.58. The number of carboxylic acid groups (broad SMARTS) is 2. The molecule has 0 bridgehead atoms. The first-order valence-electron chi connectivity index (χ1n) is 24.1. The van der Waals surface area contributed by atoms with Crippen LogP contribution in [0.2, 0.25) is 0 Å². The summed E-state index contributed by atoms with van der Waals surface area (Å²) < 4.78 is 74.3. The Morgan fingerprint density at radius 2 is 0.933 bits per heavy atom. The van der Waals surface area contributed by atoms with Gasteiger partial charge in [0.1, 0.15) is 79.1 Å². The summed E-state index contributed by atoms with van der Waals surface area (Å²) in [6.45, 7) is -0.783. The highest BCUT2D eigenvalue weighted by Gasteiger charge is 2.57. The van der Waals surface area contributed by atoms with Crippen molar-refractivity contribution in [3.8, 4) is 11.5 Å². The van der Waals surface area contributed by atoms with Crippen LogP contribution < -0.4 is 9.47 Å². The molecule has 0 spiro atoms. The molecular formula is C54H59N3O18. The fraction of sp³-hybridized carbons (Fsp3) is 0.407. The second-order valence-electron chi connectivity index (χ2n) is 17.7. The van der Waals surface area contributed by atoms with Gasteiger partial charge in [-0.2, -0.15) is 0 Å². The van der Waals surface area contributed by atoms with E-state index in [1.54, 1.807) is 133 Å². The quantitative estimate of drug-likeness (QED) is 0.0334. The van der Waals surface area contributed by atoms with Crippen molar-refractivity contribution in [2.24, 2.45) is 5.11 Å². The van der Waals surface area contributed by atoms with E-state index < -0.39 is 111 Å². The van der Waals surface area contributed by atoms with Crippen LogP contribution in [0.1, 0.15) is 22.3 Å². The summed E-state index contributed by atoms with van der Waals surface area (Å²) in [5.74, 6) is -2.10. The largest absolute Gasteiger partial charge is 0.497 e. The van der Waals surface area contributed by atoms with E-state index in [0.717, 1.165) is 0 Å². The normalized spacial score (nSPS) is 29.6. The van der Waals surface area contributed by atoms with Gasteiger partial charge in [-0.25, -0.2) is 9.59 Å². The average Bonchev–Trinajstić information content (AvgIpc) is 3.44. The monoisotopic (exact) mass is 1040 g/mol. The third-order valence-corrected chi connectivity index (χ3v) is 12.8. The van der Waals surface area contributed by atoms with Gasteiger partial charge in [-0.05, 0) is 52.1 Å². The first kappa shape index (κ1) is 54.7. The van der Waals surface area contributed by atoms with Crippen molar-refractivity contribution in [2.75, 3.05) is 20.8 Å². The van der Waals surface area contributed by atoms with Crippen LogP contribution in [0.3, 0.4) is 0 Å². The van der Waals surface area contributed by atoms with Crippen LogP contribution in [0.25, 0.3) is 10.4 Å². The topological polar surface area (TPSA) is 275 Å². The summed E-state index contributed by atoms with van der Waals surface area (Å²) in [5, 5.41) is 49.5. The lowest BCUT2D eigenvalue weighted by Gasteiger charge is -2.50. The number of aliphatic hydroxyl groups is 2. The Hall–Kier alpha value is -6.53. The molecular weight excluding hydrogens is 979 g/mol. The van der Waals surface area contributed by atoms with Crippen molar-refractivity contribution in [3.05, 3.63) is 178 Å². The molecule has 0 aromatic heterocycles. The maximum atomic E-state index is 13.3. The third-order valence-electron chi connectivity index (χ3n) is 12.8. The summed E-state index contributed by atoms with van der Waals surface area (Å²) in [4.78, 5) is 29.5. The Labute approximate surface area is 431 Å². The van der Waals surface area contributed by atoms with Gasteiger partial charge in [0.2, 0.25) is 0 Å². The van der Waals surface area contributed by atoms with Gasteiger partial charge in [-0.1, -0.05) is 126 Å². The SMILES string of the molecule is COc1ccc(OC[C@H]2O[C@H](O[C@H]3[C@H](OCc4ccccc4)[C@@H](O)[C@H](OC)O[C@H]3C(=O)O)[C@H](N=[N+]=[N-])[C@@H](OCc3ccccc3)[C@@H]2O[C@@H]2O[C@@H](C(=O)O)[C@@H](OCc3ccccc3)[C@H](OCc3ccccc3)[C@H]2O)cc1. The van der Waals surface area contributed by atoms with Crippen LogP contribution >= 0.6 is 0 Å². The number of carboxylic acids is 2. The number of aliphatic carboxylic acids is 2. The number of azide groups is 1. The molecule has 0 saturated carbocycles. The molecule has 0 unspecified atom stereocenters. The highest BCUT2D eigenvalue weighted by Crippen LogP contribution is 2.38. The van der Waals surface area contributed by atoms with Crippen molar-refractivity contribution in [1.29, 1.82) is 0 Å². The number of hydrogen-bond acceptors (Lipinski definition) is 17. The molecule has 398 valence electrons. The molecule has 5 aromatic rings. The van der Waals surface area contributed by atoms with Gasteiger partial charge >= 0.3 is 11.9 Å². The van der Waals surface area contributed by atoms with Gasteiger partial charge in [-0.15, -0.1) is 0 Å². The zero-order valence-corrected chi connectivity index (χ0v) is 40.9. The third kappa shape index (κ3) is 14.0. The molecule has 0 amide bonds. The van der Waals surface area contributed by atoms with Crippen LogP contribution in [0.5, 0.6) is 11.5 Å². The zero-order valence-electron chi connectivity index (χ0n) is 40.9. The Morgan fingerprint density at radius 1 is 0.520 bits per heavy atom. The number of aliphatic hydroxyl groups excluding tert-OH is 2. The van der Waals surface area contributed by atoms with Crippen LogP contribution in [0.15, 0.2) is 151 Å². The van der Waals surface area contributed by atoms with E-state index in [1.165, 1.54) is 14.2 Å². The van der Waals surface area contributed by atoms with Gasteiger partial charge in [-0.3, -0.25) is 0 Å². The number of ether oxygens (including phenoxy) is 12. The smallest absolute Gasteiger partial charge is 0.335 e. The van der Waals surface area contributed by atoms with Crippen molar-refractivity contribution in [3.63, 3.8) is 0 Å². The molecule has 21 nitrogen and oxygen atoms in total. The molecule has 3 heterocycles. The van der Waals surface area contributed by atoms with Gasteiger partial charge in [0.05, 0.1) is 33.5 Å². The molecule has 5 aromatic carbocycles. The maximum absolute atomic E-state index is 13.3. The summed E-state index contributed by atoms with van der Waals surface area (Å²) >= 11 is 0. The molecule has 3 saturated heterocycles. The van der Waals surface area contributed by atoms with Crippen LogP contribution in [-0.2, 0) is 83.4 Å². The van der Waals surface area contributed by atoms with E-state index in [1.807, 2.05) is 12.1 Å². The summed E-state index contributed by atoms with van der Waals surface area (Å²) in [6.07, 6.45) is -22.3. The minimum absolute atomic E-state index is 0.0654. The van der Waals surface area contributed by atoms with Crippen molar-refractivity contribution in [2.45, 2.75) is 118 Å². The molecule has 21 heteroatoms. The number of benzene rings is 5. The minimum atomic E-state index is -1.86. The Balaban J connectivity index is 1.18.